The Morgan fingerprint density at radius 2 is 1.81 bits per heavy atom. The molecule has 3 saturated carbocycles. The van der Waals surface area contributed by atoms with Crippen molar-refractivity contribution in [2.75, 3.05) is 0 Å². The van der Waals surface area contributed by atoms with Crippen molar-refractivity contribution in [3.05, 3.63) is 11.6 Å². The average Bonchev–Trinajstić information content (AvgIpc) is 3.05. The number of allylic oxidation sites excluding steroid dienone is 1. The van der Waals surface area contributed by atoms with Crippen LogP contribution in [0, 0.1) is 46.3 Å². The van der Waals surface area contributed by atoms with Gasteiger partial charge in [0.15, 0.2) is 0 Å². The van der Waals surface area contributed by atoms with E-state index in [1.807, 2.05) is 6.92 Å². The summed E-state index contributed by atoms with van der Waals surface area (Å²) in [4.78, 5) is 11.2. The van der Waals surface area contributed by atoms with E-state index in [-0.39, 0.29) is 5.41 Å². The van der Waals surface area contributed by atoms with Crippen molar-refractivity contribution in [2.24, 2.45) is 46.3 Å². The Balaban J connectivity index is 1.49. The van der Waals surface area contributed by atoms with Gasteiger partial charge in [0.2, 0.25) is 0 Å². The normalized spacial score (nSPS) is 44.3. The number of rotatable bonds is 6. The molecule has 4 aliphatic rings. The molecule has 1 N–H and O–H groups in total. The third-order valence-electron chi connectivity index (χ3n) is 10.9. The monoisotopic (exact) mass is 444 g/mol. The lowest BCUT2D eigenvalue weighted by Crippen LogP contribution is -2.52. The summed E-state index contributed by atoms with van der Waals surface area (Å²) in [5.74, 6) is 5.04. The van der Waals surface area contributed by atoms with Crippen LogP contribution < -0.4 is 0 Å². The molecule has 3 fully saturated rings. The van der Waals surface area contributed by atoms with Gasteiger partial charge in [-0.3, -0.25) is 0 Å². The first kappa shape index (κ1) is 24.1. The quantitative estimate of drug-likeness (QED) is 0.330. The number of carboxylic acid groups (broad SMARTS) is 1. The molecule has 0 aromatic carbocycles. The largest absolute Gasteiger partial charge is 0.506 e. The molecule has 0 bridgehead atoms. The first-order chi connectivity index (χ1) is 15.0. The lowest BCUT2D eigenvalue weighted by molar-refractivity contribution is -0.0790. The van der Waals surface area contributed by atoms with Crippen LogP contribution in [0.2, 0.25) is 0 Å². The third kappa shape index (κ3) is 4.16. The Labute approximate surface area is 196 Å². The second-order valence-electron chi connectivity index (χ2n) is 13.3. The van der Waals surface area contributed by atoms with Crippen LogP contribution in [0.25, 0.3) is 0 Å². The smallest absolute Gasteiger partial charge is 0.450 e. The number of fused-ring (bicyclic) bond motifs is 5. The summed E-state index contributed by atoms with van der Waals surface area (Å²) < 4.78 is 5.36. The molecular formula is C29H48O3. The molecule has 0 heterocycles. The Morgan fingerprint density at radius 3 is 2.50 bits per heavy atom. The molecular weight excluding hydrogens is 396 g/mol. The van der Waals surface area contributed by atoms with Gasteiger partial charge in [0.1, 0.15) is 5.60 Å². The molecule has 0 aromatic heterocycles. The number of hydrogen-bond donors (Lipinski definition) is 1. The fourth-order valence-electron chi connectivity index (χ4n) is 9.11. The van der Waals surface area contributed by atoms with E-state index >= 15 is 0 Å². The number of ether oxygens (including phenoxy) is 1. The van der Waals surface area contributed by atoms with Crippen LogP contribution >= 0.6 is 0 Å². The topological polar surface area (TPSA) is 46.5 Å². The molecule has 4 rings (SSSR count). The molecule has 0 radical (unpaired) electrons. The summed E-state index contributed by atoms with van der Waals surface area (Å²) in [6.45, 7) is 14.4. The molecule has 3 nitrogen and oxygen atoms in total. The van der Waals surface area contributed by atoms with Gasteiger partial charge in [0.25, 0.3) is 0 Å². The van der Waals surface area contributed by atoms with Gasteiger partial charge in [-0.1, -0.05) is 65.5 Å². The zero-order valence-electron chi connectivity index (χ0n) is 21.6. The molecule has 0 aliphatic heterocycles. The second-order valence-corrected chi connectivity index (χ2v) is 13.3. The standard InChI is InChI=1S/C29H48O3/c1-19(2)8-7-9-20(3)23-12-13-24-22-11-10-21-18-27(4,32-26(30)31)16-17-28(21,5)25(22)14-15-29(23,24)6/h10,19-20,22-25H,7-9,11-18H2,1-6H3,(H,30,31)/t20-,22+,23-,24+,25+,27?,28+,29-/m1/s1. The average molecular weight is 445 g/mol. The summed E-state index contributed by atoms with van der Waals surface area (Å²) in [5, 5.41) is 9.22. The summed E-state index contributed by atoms with van der Waals surface area (Å²) in [7, 11) is 0. The van der Waals surface area contributed by atoms with Crippen LogP contribution in [0.3, 0.4) is 0 Å². The van der Waals surface area contributed by atoms with Crippen LogP contribution in [0.15, 0.2) is 11.6 Å². The highest BCUT2D eigenvalue weighted by molar-refractivity contribution is 5.57. The number of hydrogen-bond acceptors (Lipinski definition) is 2. The van der Waals surface area contributed by atoms with Gasteiger partial charge in [-0.25, -0.2) is 4.79 Å². The summed E-state index contributed by atoms with van der Waals surface area (Å²) in [5.41, 5.74) is 1.72. The van der Waals surface area contributed by atoms with E-state index in [1.165, 1.54) is 56.9 Å². The zero-order chi connectivity index (χ0) is 23.3. The van der Waals surface area contributed by atoms with E-state index in [9.17, 15) is 9.90 Å². The highest BCUT2D eigenvalue weighted by atomic mass is 16.7. The van der Waals surface area contributed by atoms with Gasteiger partial charge in [-0.15, -0.1) is 0 Å². The van der Waals surface area contributed by atoms with Crippen molar-refractivity contribution in [3.8, 4) is 0 Å². The number of carbonyl (C=O) groups is 1. The van der Waals surface area contributed by atoms with Crippen molar-refractivity contribution in [2.45, 2.75) is 118 Å². The Hall–Kier alpha value is -0.990. The van der Waals surface area contributed by atoms with Crippen molar-refractivity contribution in [3.63, 3.8) is 0 Å². The SMILES string of the molecule is CC(C)CCC[C@@H](C)[C@H]1CC[C@H]2[C@@H]3CC=C4CC(C)(OC(=O)O)CC[C@]4(C)[C@H]3CC[C@]12C. The summed E-state index contributed by atoms with van der Waals surface area (Å²) in [6.07, 6.45) is 15.1. The first-order valence-corrected chi connectivity index (χ1v) is 13.6. The van der Waals surface area contributed by atoms with E-state index in [0.717, 1.165) is 54.8 Å². The van der Waals surface area contributed by atoms with Crippen molar-refractivity contribution >= 4 is 6.16 Å². The highest BCUT2D eigenvalue weighted by Crippen LogP contribution is 2.67. The van der Waals surface area contributed by atoms with Crippen molar-refractivity contribution < 1.29 is 14.6 Å². The van der Waals surface area contributed by atoms with E-state index < -0.39 is 11.8 Å². The van der Waals surface area contributed by atoms with Gasteiger partial charge in [-0.2, -0.15) is 0 Å². The van der Waals surface area contributed by atoms with Gasteiger partial charge < -0.3 is 9.84 Å². The third-order valence-corrected chi connectivity index (χ3v) is 10.9. The van der Waals surface area contributed by atoms with Crippen molar-refractivity contribution in [1.82, 2.24) is 0 Å². The molecule has 4 aliphatic carbocycles. The lowest BCUT2D eigenvalue weighted by Gasteiger charge is -2.59. The molecule has 1 unspecified atom stereocenters. The maximum atomic E-state index is 11.2. The van der Waals surface area contributed by atoms with E-state index in [0.29, 0.717) is 5.41 Å². The molecule has 0 spiro atoms. The lowest BCUT2D eigenvalue weighted by atomic mass is 9.46. The minimum atomic E-state index is -1.13. The fraction of sp³-hybridized carbons (Fsp3) is 0.897. The fourth-order valence-corrected chi connectivity index (χ4v) is 9.11. The molecule has 0 amide bonds. The maximum absolute atomic E-state index is 11.2. The minimum Gasteiger partial charge on any atom is -0.450 e. The van der Waals surface area contributed by atoms with Gasteiger partial charge in [0, 0.05) is 6.42 Å². The summed E-state index contributed by atoms with van der Waals surface area (Å²) >= 11 is 0. The van der Waals surface area contributed by atoms with Crippen LogP contribution in [0.4, 0.5) is 4.79 Å². The van der Waals surface area contributed by atoms with Gasteiger partial charge >= 0.3 is 6.16 Å². The molecule has 8 atom stereocenters. The first-order valence-electron chi connectivity index (χ1n) is 13.6. The van der Waals surface area contributed by atoms with Crippen LogP contribution in [0.5, 0.6) is 0 Å². The minimum absolute atomic E-state index is 0.243. The molecule has 0 saturated heterocycles. The molecule has 182 valence electrons. The summed E-state index contributed by atoms with van der Waals surface area (Å²) in [6, 6.07) is 0. The van der Waals surface area contributed by atoms with Gasteiger partial charge in [-0.05, 0) is 98.2 Å². The maximum Gasteiger partial charge on any atom is 0.506 e. The second kappa shape index (κ2) is 8.66. The Morgan fingerprint density at radius 1 is 1.06 bits per heavy atom. The molecule has 32 heavy (non-hydrogen) atoms. The van der Waals surface area contributed by atoms with E-state index in [1.54, 1.807) is 0 Å². The highest BCUT2D eigenvalue weighted by Gasteiger charge is 2.60. The van der Waals surface area contributed by atoms with Gasteiger partial charge in [0.05, 0.1) is 0 Å². The Kier molecular flexibility index (Phi) is 6.53. The van der Waals surface area contributed by atoms with Crippen molar-refractivity contribution in [1.29, 1.82) is 0 Å². The van der Waals surface area contributed by atoms with Crippen LogP contribution in [-0.4, -0.2) is 16.9 Å². The van der Waals surface area contributed by atoms with E-state index in [4.69, 9.17) is 4.74 Å². The van der Waals surface area contributed by atoms with Crippen LogP contribution in [-0.2, 0) is 4.74 Å². The Bertz CT molecular complexity index is 741. The molecule has 0 aromatic rings. The van der Waals surface area contributed by atoms with E-state index in [2.05, 4.69) is 40.7 Å². The predicted molar refractivity (Wildman–Crippen MR) is 131 cm³/mol. The zero-order valence-corrected chi connectivity index (χ0v) is 21.6. The predicted octanol–water partition coefficient (Wildman–Crippen LogP) is 8.48. The van der Waals surface area contributed by atoms with Crippen LogP contribution in [0.1, 0.15) is 112 Å². The molecule has 3 heteroatoms.